The number of anilines is 2. The third-order valence-corrected chi connectivity index (χ3v) is 5.58. The van der Waals surface area contributed by atoms with Gasteiger partial charge in [0.1, 0.15) is 11.6 Å². The first kappa shape index (κ1) is 20.8. The van der Waals surface area contributed by atoms with Gasteiger partial charge >= 0.3 is 0 Å². The van der Waals surface area contributed by atoms with Crippen molar-refractivity contribution in [2.45, 2.75) is 45.6 Å². The van der Waals surface area contributed by atoms with E-state index in [1.807, 2.05) is 25.1 Å². The summed E-state index contributed by atoms with van der Waals surface area (Å²) in [5, 5.41) is 10.2. The molecular formula is C23H28N6O2. The van der Waals surface area contributed by atoms with Crippen LogP contribution in [0.2, 0.25) is 0 Å². The number of aromatic nitrogens is 3. The Bertz CT molecular complexity index is 1090. The Kier molecular flexibility index (Phi) is 6.16. The quantitative estimate of drug-likeness (QED) is 0.613. The van der Waals surface area contributed by atoms with Gasteiger partial charge in [-0.15, -0.1) is 0 Å². The maximum atomic E-state index is 13.0. The summed E-state index contributed by atoms with van der Waals surface area (Å²) in [5.74, 6) is -0.568. The van der Waals surface area contributed by atoms with Gasteiger partial charge in [0.05, 0.1) is 5.69 Å². The number of benzene rings is 1. The predicted octanol–water partition coefficient (Wildman–Crippen LogP) is 3.18. The van der Waals surface area contributed by atoms with E-state index in [2.05, 4.69) is 31.7 Å². The standard InChI is InChI=1S/C23H28N6O2/c1-3-8-19(26-23(31)20-16(2)27-29-14-7-11-24-21(20)29)22(30)25-17-9-6-10-18(15-17)28-12-4-5-13-28/h6-7,9-11,14-15,19H,3-5,8,12-13H2,1-2H3,(H,25,30)(H,26,31). The second kappa shape index (κ2) is 9.16. The number of hydrogen-bond acceptors (Lipinski definition) is 5. The highest BCUT2D eigenvalue weighted by atomic mass is 16.2. The number of carbonyl (C=O) groups excluding carboxylic acids is 2. The first-order chi connectivity index (χ1) is 15.1. The fourth-order valence-corrected chi connectivity index (χ4v) is 4.04. The second-order valence-corrected chi connectivity index (χ2v) is 7.90. The molecule has 3 aromatic rings. The van der Waals surface area contributed by atoms with Crippen molar-refractivity contribution in [2.24, 2.45) is 0 Å². The zero-order valence-corrected chi connectivity index (χ0v) is 18.0. The summed E-state index contributed by atoms with van der Waals surface area (Å²) in [4.78, 5) is 32.6. The van der Waals surface area contributed by atoms with E-state index in [1.54, 1.807) is 29.9 Å². The topological polar surface area (TPSA) is 91.6 Å². The van der Waals surface area contributed by atoms with Crippen LogP contribution >= 0.6 is 0 Å². The molecule has 1 atom stereocenters. The number of amides is 2. The second-order valence-electron chi connectivity index (χ2n) is 7.90. The molecule has 31 heavy (non-hydrogen) atoms. The molecule has 0 radical (unpaired) electrons. The van der Waals surface area contributed by atoms with Crippen LogP contribution in [0.1, 0.15) is 48.7 Å². The summed E-state index contributed by atoms with van der Waals surface area (Å²) in [6, 6.07) is 8.99. The Morgan fingerprint density at radius 3 is 2.77 bits per heavy atom. The Hall–Kier alpha value is -3.42. The Morgan fingerprint density at radius 2 is 2.00 bits per heavy atom. The Morgan fingerprint density at radius 1 is 1.19 bits per heavy atom. The van der Waals surface area contributed by atoms with Gasteiger partial charge in [-0.25, -0.2) is 9.50 Å². The summed E-state index contributed by atoms with van der Waals surface area (Å²) in [6.45, 7) is 5.84. The van der Waals surface area contributed by atoms with E-state index in [0.29, 0.717) is 23.3 Å². The molecule has 0 bridgehead atoms. The monoisotopic (exact) mass is 420 g/mol. The molecule has 8 nitrogen and oxygen atoms in total. The molecule has 1 saturated heterocycles. The van der Waals surface area contributed by atoms with Crippen LogP contribution in [0.15, 0.2) is 42.7 Å². The minimum atomic E-state index is -0.647. The lowest BCUT2D eigenvalue weighted by Crippen LogP contribution is -2.44. The van der Waals surface area contributed by atoms with Gasteiger partial charge in [0, 0.05) is 36.9 Å². The molecule has 8 heteroatoms. The predicted molar refractivity (Wildman–Crippen MR) is 120 cm³/mol. The molecule has 1 aromatic carbocycles. The molecular weight excluding hydrogens is 392 g/mol. The lowest BCUT2D eigenvalue weighted by atomic mass is 10.1. The van der Waals surface area contributed by atoms with Crippen molar-refractivity contribution in [3.63, 3.8) is 0 Å². The van der Waals surface area contributed by atoms with Gasteiger partial charge in [-0.1, -0.05) is 19.4 Å². The van der Waals surface area contributed by atoms with E-state index in [0.717, 1.165) is 30.9 Å². The van der Waals surface area contributed by atoms with Crippen LogP contribution in [-0.2, 0) is 4.79 Å². The van der Waals surface area contributed by atoms with Crippen LogP contribution in [0.25, 0.3) is 5.65 Å². The SMILES string of the molecule is CCCC(NC(=O)c1c(C)nn2cccnc12)C(=O)Nc1cccc(N2CCCC2)c1. The summed E-state index contributed by atoms with van der Waals surface area (Å²) >= 11 is 0. The van der Waals surface area contributed by atoms with Gasteiger partial charge in [0.2, 0.25) is 5.91 Å². The lowest BCUT2D eigenvalue weighted by Gasteiger charge is -2.20. The molecule has 0 saturated carbocycles. The molecule has 1 aliphatic rings. The molecule has 162 valence electrons. The van der Waals surface area contributed by atoms with Crippen LogP contribution in [0.4, 0.5) is 11.4 Å². The van der Waals surface area contributed by atoms with Crippen LogP contribution in [0.3, 0.4) is 0 Å². The average molecular weight is 421 g/mol. The minimum absolute atomic E-state index is 0.226. The van der Waals surface area contributed by atoms with Crippen LogP contribution in [0.5, 0.6) is 0 Å². The third kappa shape index (κ3) is 4.52. The molecule has 4 rings (SSSR count). The normalized spacial score (nSPS) is 14.6. The summed E-state index contributed by atoms with van der Waals surface area (Å²) in [5.41, 5.74) is 3.29. The molecule has 1 aliphatic heterocycles. The van der Waals surface area contributed by atoms with E-state index in [9.17, 15) is 9.59 Å². The first-order valence-electron chi connectivity index (χ1n) is 10.8. The molecule has 0 aliphatic carbocycles. The highest BCUT2D eigenvalue weighted by Crippen LogP contribution is 2.23. The van der Waals surface area contributed by atoms with Crippen molar-refractivity contribution in [1.82, 2.24) is 19.9 Å². The average Bonchev–Trinajstić information content (AvgIpc) is 3.41. The van der Waals surface area contributed by atoms with E-state index >= 15 is 0 Å². The summed E-state index contributed by atoms with van der Waals surface area (Å²) in [7, 11) is 0. The number of nitrogens with one attached hydrogen (secondary N) is 2. The van der Waals surface area contributed by atoms with Crippen molar-refractivity contribution in [1.29, 1.82) is 0 Å². The minimum Gasteiger partial charge on any atom is -0.371 e. The molecule has 0 spiro atoms. The van der Waals surface area contributed by atoms with Crippen molar-refractivity contribution < 1.29 is 9.59 Å². The van der Waals surface area contributed by atoms with Gasteiger partial charge in [-0.2, -0.15) is 5.10 Å². The maximum absolute atomic E-state index is 13.0. The largest absolute Gasteiger partial charge is 0.371 e. The molecule has 1 unspecified atom stereocenters. The number of nitrogens with zero attached hydrogens (tertiary/aromatic N) is 4. The van der Waals surface area contributed by atoms with Crippen molar-refractivity contribution in [3.05, 3.63) is 54.0 Å². The van der Waals surface area contributed by atoms with Crippen LogP contribution in [0, 0.1) is 6.92 Å². The van der Waals surface area contributed by atoms with Crippen molar-refractivity contribution in [3.8, 4) is 0 Å². The molecule has 1 fully saturated rings. The Labute approximate surface area is 181 Å². The van der Waals surface area contributed by atoms with Crippen molar-refractivity contribution in [2.75, 3.05) is 23.3 Å². The fraction of sp³-hybridized carbons (Fsp3) is 0.391. The lowest BCUT2D eigenvalue weighted by molar-refractivity contribution is -0.118. The number of aryl methyl sites for hydroxylation is 1. The van der Waals surface area contributed by atoms with Gasteiger partial charge in [-0.3, -0.25) is 9.59 Å². The first-order valence-corrected chi connectivity index (χ1v) is 10.8. The molecule has 2 N–H and O–H groups in total. The highest BCUT2D eigenvalue weighted by molar-refractivity contribution is 6.04. The smallest absolute Gasteiger partial charge is 0.257 e. The van der Waals surface area contributed by atoms with E-state index in [-0.39, 0.29) is 11.8 Å². The van der Waals surface area contributed by atoms with Gasteiger partial charge in [0.25, 0.3) is 5.91 Å². The number of fused-ring (bicyclic) bond motifs is 1. The number of hydrogen-bond donors (Lipinski definition) is 2. The van der Waals surface area contributed by atoms with E-state index in [1.165, 1.54) is 12.8 Å². The summed E-state index contributed by atoms with van der Waals surface area (Å²) < 4.78 is 1.57. The summed E-state index contributed by atoms with van der Waals surface area (Å²) in [6.07, 6.45) is 7.05. The van der Waals surface area contributed by atoms with Gasteiger partial charge in [-0.05, 0) is 50.5 Å². The molecule has 2 amide bonds. The fourth-order valence-electron chi connectivity index (χ4n) is 4.04. The van der Waals surface area contributed by atoms with Gasteiger partial charge in [0.15, 0.2) is 5.65 Å². The molecule has 3 heterocycles. The third-order valence-electron chi connectivity index (χ3n) is 5.58. The van der Waals surface area contributed by atoms with E-state index in [4.69, 9.17) is 0 Å². The van der Waals surface area contributed by atoms with Gasteiger partial charge < -0.3 is 15.5 Å². The Balaban J connectivity index is 1.49. The van der Waals surface area contributed by atoms with E-state index < -0.39 is 6.04 Å². The highest BCUT2D eigenvalue weighted by Gasteiger charge is 2.25. The van der Waals surface area contributed by atoms with Crippen LogP contribution < -0.4 is 15.5 Å². The zero-order valence-electron chi connectivity index (χ0n) is 18.0. The maximum Gasteiger partial charge on any atom is 0.257 e. The number of carbonyl (C=O) groups is 2. The number of rotatable bonds is 7. The molecule has 2 aromatic heterocycles. The zero-order chi connectivity index (χ0) is 21.8. The van der Waals surface area contributed by atoms with Crippen molar-refractivity contribution >= 4 is 28.8 Å². The van der Waals surface area contributed by atoms with Crippen LogP contribution in [-0.4, -0.2) is 45.5 Å².